The van der Waals surface area contributed by atoms with Crippen molar-refractivity contribution in [2.75, 3.05) is 7.05 Å². The number of aryl methyl sites for hydroxylation is 1. The third kappa shape index (κ3) is 1.84. The molecule has 2 amide bonds. The van der Waals surface area contributed by atoms with Crippen LogP contribution >= 0.6 is 0 Å². The number of carbonyl (C=O) groups excluding carboxylic acids is 1. The van der Waals surface area contributed by atoms with Crippen LogP contribution in [-0.4, -0.2) is 27.5 Å². The number of aromatic nitrogens is 2. The Morgan fingerprint density at radius 3 is 3.00 bits per heavy atom. The number of nitrogens with two attached hydrogens (primary N) is 1. The van der Waals surface area contributed by atoms with Gasteiger partial charge in [0.1, 0.15) is 0 Å². The monoisotopic (exact) mass is 218 g/mol. The molecule has 0 bridgehead atoms. The maximum absolute atomic E-state index is 10.9. The maximum atomic E-state index is 10.9. The Bertz CT molecular complexity index is 532. The first kappa shape index (κ1) is 10.5. The number of amides is 2. The number of carbonyl (C=O) groups is 1. The molecule has 1 heterocycles. The zero-order valence-electron chi connectivity index (χ0n) is 9.34. The second-order valence-corrected chi connectivity index (χ2v) is 3.87. The molecule has 2 N–H and O–H groups in total. The fourth-order valence-corrected chi connectivity index (χ4v) is 1.63. The quantitative estimate of drug-likeness (QED) is 0.819. The molecule has 0 aliphatic rings. The van der Waals surface area contributed by atoms with Gasteiger partial charge in [0.25, 0.3) is 0 Å². The third-order valence-electron chi connectivity index (χ3n) is 2.59. The van der Waals surface area contributed by atoms with Crippen molar-refractivity contribution in [2.45, 2.75) is 6.54 Å². The number of fused-ring (bicyclic) bond motifs is 1. The van der Waals surface area contributed by atoms with Gasteiger partial charge in [-0.2, -0.15) is 0 Å². The number of benzene rings is 1. The van der Waals surface area contributed by atoms with E-state index in [4.69, 9.17) is 5.73 Å². The fourth-order valence-electron chi connectivity index (χ4n) is 1.63. The van der Waals surface area contributed by atoms with E-state index in [0.29, 0.717) is 6.54 Å². The van der Waals surface area contributed by atoms with Crippen LogP contribution in [0.2, 0.25) is 0 Å². The van der Waals surface area contributed by atoms with Crippen molar-refractivity contribution in [3.8, 4) is 0 Å². The highest BCUT2D eigenvalue weighted by Crippen LogP contribution is 2.14. The molecule has 2 rings (SSSR count). The number of imidazole rings is 1. The number of hydrogen-bond donors (Lipinski definition) is 1. The van der Waals surface area contributed by atoms with Crippen LogP contribution < -0.4 is 5.73 Å². The Kier molecular flexibility index (Phi) is 2.52. The first-order valence-corrected chi connectivity index (χ1v) is 4.98. The molecule has 0 radical (unpaired) electrons. The normalized spacial score (nSPS) is 10.6. The summed E-state index contributed by atoms with van der Waals surface area (Å²) >= 11 is 0. The molecule has 0 spiro atoms. The highest BCUT2D eigenvalue weighted by atomic mass is 16.2. The molecule has 0 saturated carbocycles. The predicted octanol–water partition coefficient (Wildman–Crippen LogP) is 1.08. The zero-order chi connectivity index (χ0) is 11.7. The first-order valence-electron chi connectivity index (χ1n) is 4.98. The molecule has 0 fully saturated rings. The van der Waals surface area contributed by atoms with Crippen LogP contribution in [0.5, 0.6) is 0 Å². The molecule has 0 aliphatic carbocycles. The predicted molar refractivity (Wildman–Crippen MR) is 61.8 cm³/mol. The van der Waals surface area contributed by atoms with E-state index in [9.17, 15) is 4.79 Å². The zero-order valence-corrected chi connectivity index (χ0v) is 9.34. The summed E-state index contributed by atoms with van der Waals surface area (Å²) in [6.45, 7) is 0.502. The molecule has 0 unspecified atom stereocenters. The van der Waals surface area contributed by atoms with Crippen molar-refractivity contribution >= 4 is 17.1 Å². The van der Waals surface area contributed by atoms with Crippen molar-refractivity contribution in [1.29, 1.82) is 0 Å². The summed E-state index contributed by atoms with van der Waals surface area (Å²) in [5.41, 5.74) is 8.19. The van der Waals surface area contributed by atoms with Gasteiger partial charge >= 0.3 is 6.03 Å². The van der Waals surface area contributed by atoms with Gasteiger partial charge in [0.15, 0.2) is 0 Å². The Morgan fingerprint density at radius 1 is 1.56 bits per heavy atom. The molecule has 1 aromatic heterocycles. The summed E-state index contributed by atoms with van der Waals surface area (Å²) in [4.78, 5) is 16.6. The average Bonchev–Trinajstić information content (AvgIpc) is 2.60. The van der Waals surface area contributed by atoms with Gasteiger partial charge in [-0.1, -0.05) is 6.07 Å². The summed E-state index contributed by atoms with van der Waals surface area (Å²) in [7, 11) is 3.62. The van der Waals surface area contributed by atoms with Gasteiger partial charge in [-0.15, -0.1) is 0 Å². The van der Waals surface area contributed by atoms with Crippen LogP contribution in [0.15, 0.2) is 24.5 Å². The number of urea groups is 1. The van der Waals surface area contributed by atoms with Crippen molar-refractivity contribution in [3.63, 3.8) is 0 Å². The van der Waals surface area contributed by atoms with Gasteiger partial charge in [0, 0.05) is 20.6 Å². The SMILES string of the molecule is CN(Cc1ccc2c(c1)ncn2C)C(N)=O. The average molecular weight is 218 g/mol. The van der Waals surface area contributed by atoms with E-state index < -0.39 is 6.03 Å². The van der Waals surface area contributed by atoms with E-state index >= 15 is 0 Å². The largest absolute Gasteiger partial charge is 0.351 e. The van der Waals surface area contributed by atoms with Gasteiger partial charge in [0.2, 0.25) is 0 Å². The molecule has 5 nitrogen and oxygen atoms in total. The van der Waals surface area contributed by atoms with Gasteiger partial charge < -0.3 is 15.2 Å². The molecule has 0 aliphatic heterocycles. The second-order valence-electron chi connectivity index (χ2n) is 3.87. The topological polar surface area (TPSA) is 64.2 Å². The third-order valence-corrected chi connectivity index (χ3v) is 2.59. The van der Waals surface area contributed by atoms with Crippen LogP contribution in [0.4, 0.5) is 4.79 Å². The van der Waals surface area contributed by atoms with E-state index in [-0.39, 0.29) is 0 Å². The minimum atomic E-state index is -0.430. The summed E-state index contributed by atoms with van der Waals surface area (Å²) in [6.07, 6.45) is 1.77. The van der Waals surface area contributed by atoms with E-state index in [1.54, 1.807) is 13.4 Å². The minimum absolute atomic E-state index is 0.430. The summed E-state index contributed by atoms with van der Waals surface area (Å²) in [5.74, 6) is 0. The van der Waals surface area contributed by atoms with Crippen molar-refractivity contribution in [2.24, 2.45) is 12.8 Å². The Hall–Kier alpha value is -2.04. The Balaban J connectivity index is 2.29. The van der Waals surface area contributed by atoms with E-state index in [2.05, 4.69) is 4.98 Å². The van der Waals surface area contributed by atoms with Gasteiger partial charge in [-0.3, -0.25) is 0 Å². The second kappa shape index (κ2) is 3.84. The van der Waals surface area contributed by atoms with E-state index in [1.807, 2.05) is 29.8 Å². The van der Waals surface area contributed by atoms with Gasteiger partial charge in [-0.05, 0) is 17.7 Å². The Morgan fingerprint density at radius 2 is 2.31 bits per heavy atom. The lowest BCUT2D eigenvalue weighted by molar-refractivity contribution is 0.216. The van der Waals surface area contributed by atoms with Crippen molar-refractivity contribution in [1.82, 2.24) is 14.5 Å². The Labute approximate surface area is 93.5 Å². The number of hydrogen-bond acceptors (Lipinski definition) is 2. The minimum Gasteiger partial charge on any atom is -0.351 e. The van der Waals surface area contributed by atoms with Crippen molar-refractivity contribution in [3.05, 3.63) is 30.1 Å². The molecule has 5 heteroatoms. The lowest BCUT2D eigenvalue weighted by atomic mass is 10.2. The molecular formula is C11H14N4O. The highest BCUT2D eigenvalue weighted by molar-refractivity contribution is 5.76. The van der Waals surface area contributed by atoms with E-state index in [0.717, 1.165) is 16.6 Å². The molecule has 84 valence electrons. The number of nitrogens with zero attached hydrogens (tertiary/aromatic N) is 3. The van der Waals surface area contributed by atoms with Gasteiger partial charge in [0.05, 0.1) is 17.4 Å². The highest BCUT2D eigenvalue weighted by Gasteiger charge is 2.06. The fraction of sp³-hybridized carbons (Fsp3) is 0.273. The maximum Gasteiger partial charge on any atom is 0.314 e. The molecule has 2 aromatic rings. The summed E-state index contributed by atoms with van der Waals surface area (Å²) < 4.78 is 1.96. The van der Waals surface area contributed by atoms with Crippen molar-refractivity contribution < 1.29 is 4.79 Å². The van der Waals surface area contributed by atoms with E-state index in [1.165, 1.54) is 4.90 Å². The molecule has 16 heavy (non-hydrogen) atoms. The summed E-state index contributed by atoms with van der Waals surface area (Å²) in [5, 5.41) is 0. The van der Waals surface area contributed by atoms with Crippen LogP contribution in [0.1, 0.15) is 5.56 Å². The lowest BCUT2D eigenvalue weighted by Gasteiger charge is -2.13. The molecule has 0 saturated heterocycles. The standard InChI is InChI=1S/C11H14N4O/c1-14(11(12)16)6-8-3-4-10-9(5-8)13-7-15(10)2/h3-5,7H,6H2,1-2H3,(H2,12,16). The first-order chi connectivity index (χ1) is 7.58. The molecular weight excluding hydrogens is 204 g/mol. The van der Waals surface area contributed by atoms with Gasteiger partial charge in [-0.25, -0.2) is 9.78 Å². The number of rotatable bonds is 2. The van der Waals surface area contributed by atoms with Crippen LogP contribution in [0, 0.1) is 0 Å². The lowest BCUT2D eigenvalue weighted by Crippen LogP contribution is -2.31. The smallest absolute Gasteiger partial charge is 0.314 e. The van der Waals surface area contributed by atoms with Crippen LogP contribution in [0.25, 0.3) is 11.0 Å². The molecule has 0 atom stereocenters. The summed E-state index contributed by atoms with van der Waals surface area (Å²) in [6, 6.07) is 5.51. The molecule has 1 aromatic carbocycles. The van der Waals surface area contributed by atoms with Crippen LogP contribution in [-0.2, 0) is 13.6 Å². The number of primary amides is 1. The van der Waals surface area contributed by atoms with Crippen LogP contribution in [0.3, 0.4) is 0 Å².